The quantitative estimate of drug-likeness (QED) is 0.464. The Bertz CT molecular complexity index is 406. The van der Waals surface area contributed by atoms with Crippen LogP contribution < -0.4 is 0 Å². The molecule has 0 fully saturated rings. The molecule has 1 atom stereocenters. The second kappa shape index (κ2) is 5.40. The second-order valence-corrected chi connectivity index (χ2v) is 3.44. The first-order valence-corrected chi connectivity index (χ1v) is 5.07. The minimum Gasteiger partial charge on any atom is -0.463 e. The fourth-order valence-electron chi connectivity index (χ4n) is 1.42. The van der Waals surface area contributed by atoms with Crippen LogP contribution in [-0.2, 0) is 15.1 Å². The zero-order chi connectivity index (χ0) is 12.9. The summed E-state index contributed by atoms with van der Waals surface area (Å²) in [4.78, 5) is 21.4. The number of hydrogen-bond acceptors (Lipinski definition) is 5. The second-order valence-electron chi connectivity index (χ2n) is 3.44. The van der Waals surface area contributed by atoms with E-state index in [0.717, 1.165) is 0 Å². The number of carbonyl (C=O) groups is 1. The summed E-state index contributed by atoms with van der Waals surface area (Å²) in [5.74, 6) is -1.01. The molecule has 0 saturated carbocycles. The molecule has 0 aliphatic carbocycles. The van der Waals surface area contributed by atoms with Gasteiger partial charge in [0.25, 0.3) is 5.60 Å². The molecule has 0 aliphatic rings. The fourth-order valence-corrected chi connectivity index (χ4v) is 1.42. The lowest BCUT2D eigenvalue weighted by molar-refractivity contribution is -0.499. The van der Waals surface area contributed by atoms with E-state index in [4.69, 9.17) is 0 Å². The van der Waals surface area contributed by atoms with Gasteiger partial charge in [-0.25, -0.2) is 4.79 Å². The first-order chi connectivity index (χ1) is 8.00. The summed E-state index contributed by atoms with van der Waals surface area (Å²) in [5.41, 5.74) is -2.09. The highest BCUT2D eigenvalue weighted by atomic mass is 16.6. The van der Waals surface area contributed by atoms with Crippen LogP contribution in [0, 0.1) is 10.1 Å². The van der Waals surface area contributed by atoms with Gasteiger partial charge < -0.3 is 9.84 Å². The summed E-state index contributed by atoms with van der Waals surface area (Å²) < 4.78 is 4.67. The van der Waals surface area contributed by atoms with Crippen LogP contribution in [0.4, 0.5) is 0 Å². The molecule has 1 rings (SSSR count). The molecule has 6 heteroatoms. The van der Waals surface area contributed by atoms with Crippen molar-refractivity contribution in [2.75, 3.05) is 13.2 Å². The molecule has 1 unspecified atom stereocenters. The van der Waals surface area contributed by atoms with E-state index < -0.39 is 23.0 Å². The Kier molecular flexibility index (Phi) is 4.17. The average molecular weight is 239 g/mol. The number of ether oxygens (including phenoxy) is 1. The van der Waals surface area contributed by atoms with Crippen molar-refractivity contribution in [2.45, 2.75) is 12.5 Å². The molecule has 17 heavy (non-hydrogen) atoms. The van der Waals surface area contributed by atoms with Crippen LogP contribution in [0.3, 0.4) is 0 Å². The third-order valence-electron chi connectivity index (χ3n) is 2.22. The van der Waals surface area contributed by atoms with Crippen LogP contribution in [-0.4, -0.2) is 29.2 Å². The number of carbonyl (C=O) groups excluding carboxylic acids is 1. The molecule has 1 N–H and O–H groups in total. The highest BCUT2D eigenvalue weighted by molar-refractivity contribution is 5.81. The monoisotopic (exact) mass is 239 g/mol. The number of hydrogen-bond donors (Lipinski definition) is 1. The van der Waals surface area contributed by atoms with E-state index in [1.807, 2.05) is 0 Å². The minimum atomic E-state index is -2.24. The van der Waals surface area contributed by atoms with Gasteiger partial charge in [0.15, 0.2) is 0 Å². The van der Waals surface area contributed by atoms with Gasteiger partial charge in [0.1, 0.15) is 0 Å². The normalized spacial score (nSPS) is 13.8. The molecular weight excluding hydrogens is 226 g/mol. The molecule has 0 aromatic heterocycles. The number of esters is 1. The van der Waals surface area contributed by atoms with Gasteiger partial charge in [-0.05, 0) is 6.92 Å². The van der Waals surface area contributed by atoms with E-state index in [0.29, 0.717) is 0 Å². The number of nitro groups is 1. The van der Waals surface area contributed by atoms with E-state index in [-0.39, 0.29) is 12.2 Å². The maximum absolute atomic E-state index is 11.6. The van der Waals surface area contributed by atoms with Crippen LogP contribution in [0.15, 0.2) is 30.3 Å². The fraction of sp³-hybridized carbons (Fsp3) is 0.364. The van der Waals surface area contributed by atoms with E-state index >= 15 is 0 Å². The van der Waals surface area contributed by atoms with E-state index in [1.54, 1.807) is 25.1 Å². The minimum absolute atomic E-state index is 0.0473. The topological polar surface area (TPSA) is 89.7 Å². The van der Waals surface area contributed by atoms with Gasteiger partial charge >= 0.3 is 5.97 Å². The van der Waals surface area contributed by atoms with Crippen LogP contribution >= 0.6 is 0 Å². The van der Waals surface area contributed by atoms with Gasteiger partial charge in [-0.3, -0.25) is 10.1 Å². The Morgan fingerprint density at radius 1 is 1.47 bits per heavy atom. The third-order valence-corrected chi connectivity index (χ3v) is 2.22. The summed E-state index contributed by atoms with van der Waals surface area (Å²) in [6.45, 7) is 0.691. The van der Waals surface area contributed by atoms with Crippen LogP contribution in [0.25, 0.3) is 0 Å². The molecule has 1 aromatic rings. The predicted octanol–water partition coefficient (Wildman–Crippen LogP) is 0.714. The molecule has 92 valence electrons. The van der Waals surface area contributed by atoms with E-state index in [1.165, 1.54) is 12.1 Å². The number of aliphatic hydroxyl groups is 1. The summed E-state index contributed by atoms with van der Waals surface area (Å²) in [7, 11) is 0. The van der Waals surface area contributed by atoms with Crippen molar-refractivity contribution in [3.05, 3.63) is 46.0 Å². The van der Waals surface area contributed by atoms with Crippen molar-refractivity contribution in [2.24, 2.45) is 0 Å². The first kappa shape index (κ1) is 13.1. The number of nitrogens with zero attached hydrogens (tertiary/aromatic N) is 1. The van der Waals surface area contributed by atoms with Gasteiger partial charge in [0.05, 0.1) is 6.61 Å². The number of benzene rings is 1. The van der Waals surface area contributed by atoms with Crippen molar-refractivity contribution in [3.63, 3.8) is 0 Å². The lowest BCUT2D eigenvalue weighted by atomic mass is 9.94. The average Bonchev–Trinajstić information content (AvgIpc) is 2.29. The molecule has 6 nitrogen and oxygen atoms in total. The highest BCUT2D eigenvalue weighted by Crippen LogP contribution is 2.23. The van der Waals surface area contributed by atoms with Crippen molar-refractivity contribution in [1.29, 1.82) is 0 Å². The van der Waals surface area contributed by atoms with Gasteiger partial charge in [-0.2, -0.15) is 0 Å². The lowest BCUT2D eigenvalue weighted by Crippen LogP contribution is -2.43. The SMILES string of the molecule is CCOC(=O)C(O)(C[N+](=O)[O-])c1ccccc1. The predicted molar refractivity (Wildman–Crippen MR) is 58.8 cm³/mol. The van der Waals surface area contributed by atoms with Crippen molar-refractivity contribution < 1.29 is 19.6 Å². The Balaban J connectivity index is 3.10. The maximum atomic E-state index is 11.6. The molecule has 0 radical (unpaired) electrons. The van der Waals surface area contributed by atoms with Crippen molar-refractivity contribution >= 4 is 5.97 Å². The molecule has 0 spiro atoms. The smallest absolute Gasteiger partial charge is 0.349 e. The summed E-state index contributed by atoms with van der Waals surface area (Å²) in [6, 6.07) is 7.74. The zero-order valence-electron chi connectivity index (χ0n) is 9.33. The Hall–Kier alpha value is -1.95. The summed E-state index contributed by atoms with van der Waals surface area (Å²) >= 11 is 0. The lowest BCUT2D eigenvalue weighted by Gasteiger charge is -2.21. The summed E-state index contributed by atoms with van der Waals surface area (Å²) in [6.07, 6.45) is 0. The molecule has 0 amide bonds. The van der Waals surface area contributed by atoms with E-state index in [9.17, 15) is 20.0 Å². The Morgan fingerprint density at radius 3 is 2.53 bits per heavy atom. The molecule has 1 aromatic carbocycles. The standard InChI is InChI=1S/C11H13NO5/c1-2-17-10(13)11(14,8-12(15)16)9-6-4-3-5-7-9/h3-7,14H,2,8H2,1H3. The van der Waals surface area contributed by atoms with Gasteiger partial charge in [0, 0.05) is 10.5 Å². The van der Waals surface area contributed by atoms with Gasteiger partial charge in [0.2, 0.25) is 6.54 Å². The zero-order valence-corrected chi connectivity index (χ0v) is 9.33. The van der Waals surface area contributed by atoms with Gasteiger partial charge in [-0.15, -0.1) is 0 Å². The Labute approximate surface area is 98.0 Å². The maximum Gasteiger partial charge on any atom is 0.349 e. The molecule has 0 aliphatic heterocycles. The highest BCUT2D eigenvalue weighted by Gasteiger charge is 2.44. The van der Waals surface area contributed by atoms with E-state index in [2.05, 4.69) is 4.74 Å². The first-order valence-electron chi connectivity index (χ1n) is 5.07. The molecule has 0 heterocycles. The summed E-state index contributed by atoms with van der Waals surface area (Å²) in [5, 5.41) is 20.7. The molecule has 0 bridgehead atoms. The van der Waals surface area contributed by atoms with Crippen LogP contribution in [0.5, 0.6) is 0 Å². The molecular formula is C11H13NO5. The van der Waals surface area contributed by atoms with Crippen molar-refractivity contribution in [3.8, 4) is 0 Å². The van der Waals surface area contributed by atoms with Gasteiger partial charge in [-0.1, -0.05) is 30.3 Å². The van der Waals surface area contributed by atoms with Crippen LogP contribution in [0.1, 0.15) is 12.5 Å². The Morgan fingerprint density at radius 2 is 2.06 bits per heavy atom. The third kappa shape index (κ3) is 3.01. The largest absolute Gasteiger partial charge is 0.463 e. The number of rotatable bonds is 5. The van der Waals surface area contributed by atoms with Crippen molar-refractivity contribution in [1.82, 2.24) is 0 Å². The molecule has 0 saturated heterocycles. The van der Waals surface area contributed by atoms with Crippen LogP contribution in [0.2, 0.25) is 0 Å².